The van der Waals surface area contributed by atoms with E-state index in [0.717, 1.165) is 63.3 Å². The van der Waals surface area contributed by atoms with Gasteiger partial charge in [0.2, 0.25) is 0 Å². The van der Waals surface area contributed by atoms with Gasteiger partial charge in [-0.15, -0.1) is 0 Å². The SMILES string of the molecule is COc1ccc(N2CCN(C(=O)On3c(O)c(CNCC4CCN(CC5=CC=CCC5)CC4)[nH]c3=O)CC2)cc1. The number of methoxy groups -OCH3 is 1. The number of piperidine rings is 1. The Balaban J connectivity index is 1.05. The maximum Gasteiger partial charge on any atom is 0.434 e. The first-order valence-electron chi connectivity index (χ1n) is 14.2. The van der Waals surface area contributed by atoms with Crippen molar-refractivity contribution in [1.82, 2.24) is 24.8 Å². The number of imidazole rings is 1. The number of carbonyl (C=O) groups excluding carboxylic acids is 1. The Hall–Kier alpha value is -3.70. The van der Waals surface area contributed by atoms with E-state index >= 15 is 0 Å². The molecular formula is C29H40N6O5. The third-order valence-electron chi connectivity index (χ3n) is 8.02. The minimum absolute atomic E-state index is 0.283. The Morgan fingerprint density at radius 1 is 1.10 bits per heavy atom. The summed E-state index contributed by atoms with van der Waals surface area (Å²) in [7, 11) is 1.63. The molecule has 11 heteroatoms. The summed E-state index contributed by atoms with van der Waals surface area (Å²) in [6.45, 7) is 6.42. The highest BCUT2D eigenvalue weighted by molar-refractivity contribution is 5.68. The number of hydrogen-bond donors (Lipinski definition) is 3. The summed E-state index contributed by atoms with van der Waals surface area (Å²) in [5.41, 5.74) is 2.18. The fraction of sp³-hybridized carbons (Fsp3) is 0.517. The van der Waals surface area contributed by atoms with Gasteiger partial charge in [0.05, 0.1) is 12.8 Å². The Morgan fingerprint density at radius 2 is 1.85 bits per heavy atom. The maximum absolute atomic E-state index is 12.7. The quantitative estimate of drug-likeness (QED) is 0.434. The van der Waals surface area contributed by atoms with E-state index in [2.05, 4.69) is 38.3 Å². The first-order valence-corrected chi connectivity index (χ1v) is 14.2. The van der Waals surface area contributed by atoms with E-state index in [-0.39, 0.29) is 12.4 Å². The van der Waals surface area contributed by atoms with E-state index in [1.807, 2.05) is 24.3 Å². The summed E-state index contributed by atoms with van der Waals surface area (Å²) in [6.07, 6.45) is 10.5. The van der Waals surface area contributed by atoms with Gasteiger partial charge in [-0.25, -0.2) is 9.59 Å². The molecule has 3 heterocycles. The van der Waals surface area contributed by atoms with Gasteiger partial charge in [-0.2, -0.15) is 0 Å². The number of benzene rings is 1. The van der Waals surface area contributed by atoms with Gasteiger partial charge in [-0.05, 0) is 75.5 Å². The third kappa shape index (κ3) is 6.89. The lowest BCUT2D eigenvalue weighted by molar-refractivity contribution is 0.0779. The molecule has 0 spiro atoms. The van der Waals surface area contributed by atoms with Crippen LogP contribution in [-0.2, 0) is 6.54 Å². The average molecular weight is 553 g/mol. The van der Waals surface area contributed by atoms with E-state index in [1.165, 1.54) is 10.5 Å². The van der Waals surface area contributed by atoms with Gasteiger partial charge in [0.25, 0.3) is 5.88 Å². The summed E-state index contributed by atoms with van der Waals surface area (Å²) in [5.74, 6) is 0.952. The molecule has 216 valence electrons. The van der Waals surface area contributed by atoms with Crippen LogP contribution in [0.2, 0.25) is 0 Å². The van der Waals surface area contributed by atoms with Gasteiger partial charge in [0, 0.05) is 45.0 Å². The second-order valence-electron chi connectivity index (χ2n) is 10.7. The number of carbonyl (C=O) groups is 1. The van der Waals surface area contributed by atoms with Gasteiger partial charge in [0.1, 0.15) is 5.75 Å². The molecule has 1 aliphatic carbocycles. The largest absolute Gasteiger partial charge is 0.497 e. The zero-order valence-electron chi connectivity index (χ0n) is 23.2. The Bertz CT molecular complexity index is 1250. The second kappa shape index (κ2) is 13.1. The molecule has 0 atom stereocenters. The number of hydrogen-bond acceptors (Lipinski definition) is 8. The van der Waals surface area contributed by atoms with Gasteiger partial charge < -0.3 is 34.8 Å². The molecule has 40 heavy (non-hydrogen) atoms. The number of aromatic amines is 1. The first kappa shape index (κ1) is 27.9. The molecule has 1 aromatic carbocycles. The lowest BCUT2D eigenvalue weighted by atomic mass is 9.95. The normalized spacial score (nSPS) is 18.6. The number of nitrogens with zero attached hydrogens (tertiary/aromatic N) is 4. The number of nitrogens with one attached hydrogen (secondary N) is 2. The van der Waals surface area contributed by atoms with Crippen LogP contribution in [-0.4, -0.2) is 90.2 Å². The van der Waals surface area contributed by atoms with Crippen LogP contribution in [0.4, 0.5) is 10.5 Å². The number of ether oxygens (including phenoxy) is 1. The van der Waals surface area contributed by atoms with Crippen molar-refractivity contribution < 1.29 is 19.5 Å². The number of anilines is 1. The van der Waals surface area contributed by atoms with Crippen molar-refractivity contribution in [2.24, 2.45) is 5.92 Å². The molecule has 5 rings (SSSR count). The molecule has 1 amide bonds. The van der Waals surface area contributed by atoms with Crippen molar-refractivity contribution in [1.29, 1.82) is 0 Å². The van der Waals surface area contributed by atoms with E-state index < -0.39 is 11.8 Å². The predicted molar refractivity (Wildman–Crippen MR) is 153 cm³/mol. The monoisotopic (exact) mass is 552 g/mol. The van der Waals surface area contributed by atoms with Crippen molar-refractivity contribution in [3.8, 4) is 11.6 Å². The van der Waals surface area contributed by atoms with Crippen LogP contribution < -0.4 is 25.5 Å². The summed E-state index contributed by atoms with van der Waals surface area (Å²) >= 11 is 0. The molecule has 2 aromatic rings. The highest BCUT2D eigenvalue weighted by Gasteiger charge is 2.26. The molecule has 0 unspecified atom stereocenters. The van der Waals surface area contributed by atoms with Gasteiger partial charge >= 0.3 is 11.8 Å². The van der Waals surface area contributed by atoms with E-state index in [9.17, 15) is 14.7 Å². The maximum atomic E-state index is 12.7. The van der Waals surface area contributed by atoms with Crippen LogP contribution in [0.15, 0.2) is 52.9 Å². The first-order chi connectivity index (χ1) is 19.5. The summed E-state index contributed by atoms with van der Waals surface area (Å²) in [5, 5.41) is 13.9. The summed E-state index contributed by atoms with van der Waals surface area (Å²) in [4.78, 5) is 39.3. The van der Waals surface area contributed by atoms with Crippen molar-refractivity contribution in [3.63, 3.8) is 0 Å². The van der Waals surface area contributed by atoms with Crippen LogP contribution in [0.5, 0.6) is 11.6 Å². The second-order valence-corrected chi connectivity index (χ2v) is 10.7. The zero-order chi connectivity index (χ0) is 27.9. The average Bonchev–Trinajstić information content (AvgIpc) is 3.26. The zero-order valence-corrected chi connectivity index (χ0v) is 23.2. The van der Waals surface area contributed by atoms with Crippen LogP contribution >= 0.6 is 0 Å². The molecule has 3 aliphatic rings. The number of rotatable bonds is 9. The smallest absolute Gasteiger partial charge is 0.434 e. The lowest BCUT2D eigenvalue weighted by Crippen LogP contribution is -2.51. The van der Waals surface area contributed by atoms with Crippen molar-refractivity contribution in [2.45, 2.75) is 32.2 Å². The lowest BCUT2D eigenvalue weighted by Gasteiger charge is -2.35. The Kier molecular flexibility index (Phi) is 9.12. The van der Waals surface area contributed by atoms with Gasteiger partial charge in [-0.1, -0.05) is 28.5 Å². The molecule has 1 aromatic heterocycles. The minimum atomic E-state index is -0.681. The van der Waals surface area contributed by atoms with Crippen LogP contribution in [0.1, 0.15) is 31.4 Å². The van der Waals surface area contributed by atoms with Crippen LogP contribution in [0.3, 0.4) is 0 Å². The Morgan fingerprint density at radius 3 is 2.52 bits per heavy atom. The highest BCUT2D eigenvalue weighted by atomic mass is 16.7. The number of allylic oxidation sites excluding steroid dienone is 3. The summed E-state index contributed by atoms with van der Waals surface area (Å²) < 4.78 is 5.85. The molecule has 3 N–H and O–H groups in total. The number of amides is 1. The van der Waals surface area contributed by atoms with Crippen molar-refractivity contribution in [3.05, 3.63) is 64.2 Å². The summed E-state index contributed by atoms with van der Waals surface area (Å²) in [6, 6.07) is 7.77. The minimum Gasteiger partial charge on any atom is -0.497 e. The van der Waals surface area contributed by atoms with Crippen LogP contribution in [0, 0.1) is 5.92 Å². The molecule has 0 radical (unpaired) electrons. The fourth-order valence-electron chi connectivity index (χ4n) is 5.56. The molecule has 0 bridgehead atoms. The molecular weight excluding hydrogens is 512 g/mol. The topological polar surface area (TPSA) is 115 Å². The van der Waals surface area contributed by atoms with Gasteiger partial charge in [0.15, 0.2) is 0 Å². The number of piperazine rings is 1. The fourth-order valence-corrected chi connectivity index (χ4v) is 5.56. The Labute approximate surface area is 234 Å². The molecule has 11 nitrogen and oxygen atoms in total. The number of H-pyrrole nitrogens is 1. The number of aromatic nitrogens is 2. The van der Waals surface area contributed by atoms with E-state index in [4.69, 9.17) is 9.57 Å². The molecule has 0 saturated carbocycles. The van der Waals surface area contributed by atoms with Crippen molar-refractivity contribution >= 4 is 11.8 Å². The van der Waals surface area contributed by atoms with Gasteiger partial charge in [-0.3, -0.25) is 4.90 Å². The van der Waals surface area contributed by atoms with E-state index in [1.54, 1.807) is 7.11 Å². The molecule has 2 aliphatic heterocycles. The van der Waals surface area contributed by atoms with Crippen molar-refractivity contribution in [2.75, 3.05) is 64.4 Å². The van der Waals surface area contributed by atoms with Crippen LogP contribution in [0.25, 0.3) is 0 Å². The highest BCUT2D eigenvalue weighted by Crippen LogP contribution is 2.22. The third-order valence-corrected chi connectivity index (χ3v) is 8.02. The number of aromatic hydroxyl groups is 1. The molecule has 2 saturated heterocycles. The molecule has 2 fully saturated rings. The number of likely N-dealkylation sites (tertiary alicyclic amines) is 1. The standard InChI is InChI=1S/C29H40N6O5/c1-39-25-9-7-24(8-10-25)33-15-17-34(18-16-33)29(38)40-35-27(36)26(31-28(35)37)20-30-19-22-11-13-32(14-12-22)21-23-5-3-2-4-6-23/h2-3,5,7-10,22,30,36H,4,6,11-21H2,1H3,(H,31,37). The van der Waals surface area contributed by atoms with E-state index in [0.29, 0.717) is 42.5 Å². The predicted octanol–water partition coefficient (Wildman–Crippen LogP) is 2.34.